The first-order valence-corrected chi connectivity index (χ1v) is 11.4. The van der Waals surface area contributed by atoms with Crippen molar-refractivity contribution in [3.05, 3.63) is 47.3 Å². The zero-order valence-electron chi connectivity index (χ0n) is 19.3. The summed E-state index contributed by atoms with van der Waals surface area (Å²) in [5.74, 6) is 0.199. The fraction of sp³-hybridized carbons (Fsp3) is 0.542. The maximum absolute atomic E-state index is 13.3. The van der Waals surface area contributed by atoms with Gasteiger partial charge in [0.05, 0.1) is 29.7 Å². The summed E-state index contributed by atoms with van der Waals surface area (Å²) in [6, 6.07) is 8.18. The molecule has 0 aliphatic carbocycles. The van der Waals surface area contributed by atoms with Crippen LogP contribution in [0.25, 0.3) is 5.69 Å². The molecule has 0 unspecified atom stereocenters. The molecule has 0 spiro atoms. The molecule has 2 heterocycles. The van der Waals surface area contributed by atoms with Gasteiger partial charge in [0.1, 0.15) is 0 Å². The van der Waals surface area contributed by atoms with E-state index in [1.165, 1.54) is 5.56 Å². The number of carbonyl (C=O) groups excluding carboxylic acids is 2. The van der Waals surface area contributed by atoms with E-state index < -0.39 is 0 Å². The maximum atomic E-state index is 13.3. The van der Waals surface area contributed by atoms with E-state index in [4.69, 9.17) is 0 Å². The van der Waals surface area contributed by atoms with Gasteiger partial charge in [-0.25, -0.2) is 4.68 Å². The summed E-state index contributed by atoms with van der Waals surface area (Å²) < 4.78 is 1.87. The number of hydrogen-bond donors (Lipinski definition) is 0. The number of aryl methyl sites for hydroxylation is 1. The normalized spacial score (nSPS) is 15.0. The summed E-state index contributed by atoms with van der Waals surface area (Å²) in [5.41, 5.74) is 3.78. The molecule has 1 aliphatic heterocycles. The zero-order chi connectivity index (χ0) is 22.4. The van der Waals surface area contributed by atoms with Gasteiger partial charge < -0.3 is 9.80 Å². The molecule has 0 bridgehead atoms. The van der Waals surface area contributed by atoms with Crippen LogP contribution in [0.3, 0.4) is 0 Å². The van der Waals surface area contributed by atoms with Crippen molar-refractivity contribution in [2.45, 2.75) is 40.5 Å². The Hall–Kier alpha value is -2.67. The minimum Gasteiger partial charge on any atom is -0.342 e. The molecule has 7 heteroatoms. The Morgan fingerprint density at radius 1 is 1.00 bits per heavy atom. The number of hydrogen-bond acceptors (Lipinski definition) is 4. The highest BCUT2D eigenvalue weighted by Crippen LogP contribution is 2.19. The fourth-order valence-corrected chi connectivity index (χ4v) is 4.17. The summed E-state index contributed by atoms with van der Waals surface area (Å²) in [7, 11) is 0. The second-order valence-electron chi connectivity index (χ2n) is 8.09. The lowest BCUT2D eigenvalue weighted by atomic mass is 10.1. The molecule has 0 saturated carbocycles. The van der Waals surface area contributed by atoms with Crippen LogP contribution in [0.1, 0.15) is 48.8 Å². The van der Waals surface area contributed by atoms with Crippen molar-refractivity contribution in [1.29, 1.82) is 0 Å². The van der Waals surface area contributed by atoms with Gasteiger partial charge in [0, 0.05) is 39.3 Å². The topological polar surface area (TPSA) is 61.7 Å². The summed E-state index contributed by atoms with van der Waals surface area (Å²) in [5, 5.41) is 4.53. The predicted octanol–water partition coefficient (Wildman–Crippen LogP) is 2.76. The van der Waals surface area contributed by atoms with Crippen molar-refractivity contribution in [1.82, 2.24) is 24.5 Å². The molecule has 1 aliphatic rings. The van der Waals surface area contributed by atoms with Crippen molar-refractivity contribution in [3.8, 4) is 5.69 Å². The molecule has 31 heavy (non-hydrogen) atoms. The Bertz CT molecular complexity index is 886. The van der Waals surface area contributed by atoms with Crippen LogP contribution >= 0.6 is 0 Å². The molecule has 0 atom stereocenters. The molecule has 1 aromatic carbocycles. The van der Waals surface area contributed by atoms with Gasteiger partial charge in [-0.2, -0.15) is 5.10 Å². The molecule has 2 amide bonds. The molecule has 3 rings (SSSR count). The Labute approximate surface area is 185 Å². The number of carbonyl (C=O) groups is 2. The highest BCUT2D eigenvalue weighted by Gasteiger charge is 2.25. The molecular formula is C24H35N5O2. The van der Waals surface area contributed by atoms with Crippen LogP contribution < -0.4 is 0 Å². The van der Waals surface area contributed by atoms with Crippen LogP contribution in [0, 0.1) is 6.92 Å². The number of likely N-dealkylation sites (N-methyl/N-ethyl adjacent to an activating group) is 1. The first-order chi connectivity index (χ1) is 15.0. The quantitative estimate of drug-likeness (QED) is 0.684. The van der Waals surface area contributed by atoms with Gasteiger partial charge in [-0.05, 0) is 45.7 Å². The highest BCUT2D eigenvalue weighted by atomic mass is 16.2. The van der Waals surface area contributed by atoms with E-state index in [-0.39, 0.29) is 11.8 Å². The van der Waals surface area contributed by atoms with Crippen LogP contribution in [0.5, 0.6) is 0 Å². The van der Waals surface area contributed by atoms with E-state index in [2.05, 4.69) is 36.0 Å². The minimum atomic E-state index is 0.0344. The van der Waals surface area contributed by atoms with E-state index in [1.807, 2.05) is 40.5 Å². The molecule has 168 valence electrons. The van der Waals surface area contributed by atoms with Gasteiger partial charge in [0.2, 0.25) is 5.91 Å². The average molecular weight is 426 g/mol. The maximum Gasteiger partial charge on any atom is 0.257 e. The Kier molecular flexibility index (Phi) is 7.85. The van der Waals surface area contributed by atoms with E-state index in [1.54, 1.807) is 6.20 Å². The number of rotatable bonds is 7. The third-order valence-corrected chi connectivity index (χ3v) is 6.06. The SMILES string of the molecule is CCc1c(C(=O)N2CCCN(CC(=O)N(CC)CC)CC2)cnn1-c1ccc(C)cc1. The zero-order valence-corrected chi connectivity index (χ0v) is 19.3. The first kappa shape index (κ1) is 23.0. The van der Waals surface area contributed by atoms with E-state index in [9.17, 15) is 9.59 Å². The van der Waals surface area contributed by atoms with Crippen molar-refractivity contribution in [3.63, 3.8) is 0 Å². The minimum absolute atomic E-state index is 0.0344. The molecule has 1 saturated heterocycles. The second-order valence-corrected chi connectivity index (χ2v) is 8.09. The molecule has 0 radical (unpaired) electrons. The van der Waals surface area contributed by atoms with Crippen molar-refractivity contribution in [2.24, 2.45) is 0 Å². The fourth-order valence-electron chi connectivity index (χ4n) is 4.17. The van der Waals surface area contributed by atoms with Gasteiger partial charge >= 0.3 is 0 Å². The lowest BCUT2D eigenvalue weighted by Crippen LogP contribution is -2.42. The van der Waals surface area contributed by atoms with E-state index >= 15 is 0 Å². The number of amides is 2. The highest BCUT2D eigenvalue weighted by molar-refractivity contribution is 5.95. The average Bonchev–Trinajstić information content (AvgIpc) is 3.07. The van der Waals surface area contributed by atoms with Gasteiger partial charge in [-0.15, -0.1) is 0 Å². The number of benzene rings is 1. The summed E-state index contributed by atoms with van der Waals surface area (Å²) in [6.45, 7) is 12.9. The largest absolute Gasteiger partial charge is 0.342 e. The standard InChI is InChI=1S/C24H35N5O2/c1-5-22-21(17-25-29(22)20-11-9-19(4)10-12-20)24(31)28-14-8-13-26(15-16-28)18-23(30)27(6-2)7-3/h9-12,17H,5-8,13-16,18H2,1-4H3. The Balaban J connectivity index is 1.69. The van der Waals surface area contributed by atoms with E-state index in [0.29, 0.717) is 31.7 Å². The van der Waals surface area contributed by atoms with Gasteiger partial charge in [-0.3, -0.25) is 14.5 Å². The van der Waals surface area contributed by atoms with Gasteiger partial charge in [-0.1, -0.05) is 24.6 Å². The van der Waals surface area contributed by atoms with Gasteiger partial charge in [0.15, 0.2) is 0 Å². The smallest absolute Gasteiger partial charge is 0.257 e. The van der Waals surface area contributed by atoms with E-state index in [0.717, 1.165) is 43.9 Å². The lowest BCUT2D eigenvalue weighted by Gasteiger charge is -2.25. The summed E-state index contributed by atoms with van der Waals surface area (Å²) in [6.07, 6.45) is 3.30. The Morgan fingerprint density at radius 3 is 2.35 bits per heavy atom. The number of nitrogens with zero attached hydrogens (tertiary/aromatic N) is 5. The van der Waals surface area contributed by atoms with Crippen molar-refractivity contribution >= 4 is 11.8 Å². The monoisotopic (exact) mass is 425 g/mol. The van der Waals surface area contributed by atoms with Crippen LogP contribution in [0.2, 0.25) is 0 Å². The predicted molar refractivity (Wildman–Crippen MR) is 123 cm³/mol. The van der Waals surface area contributed by atoms with Crippen LogP contribution in [-0.4, -0.2) is 82.1 Å². The molecular weight excluding hydrogens is 390 g/mol. The first-order valence-electron chi connectivity index (χ1n) is 11.4. The van der Waals surface area contributed by atoms with Crippen molar-refractivity contribution in [2.75, 3.05) is 45.8 Å². The molecule has 1 aromatic heterocycles. The van der Waals surface area contributed by atoms with Crippen LogP contribution in [0.15, 0.2) is 30.5 Å². The second kappa shape index (κ2) is 10.6. The third kappa shape index (κ3) is 5.34. The van der Waals surface area contributed by atoms with Crippen molar-refractivity contribution < 1.29 is 9.59 Å². The molecule has 7 nitrogen and oxygen atoms in total. The summed E-state index contributed by atoms with van der Waals surface area (Å²) in [4.78, 5) is 31.7. The summed E-state index contributed by atoms with van der Waals surface area (Å²) >= 11 is 0. The lowest BCUT2D eigenvalue weighted by molar-refractivity contribution is -0.132. The Morgan fingerprint density at radius 2 is 1.71 bits per heavy atom. The third-order valence-electron chi connectivity index (χ3n) is 6.06. The van der Waals surface area contributed by atoms with Gasteiger partial charge in [0.25, 0.3) is 5.91 Å². The molecule has 1 fully saturated rings. The molecule has 0 N–H and O–H groups in total. The van der Waals surface area contributed by atoms with Crippen LogP contribution in [-0.2, 0) is 11.2 Å². The molecule has 2 aromatic rings. The van der Waals surface area contributed by atoms with Crippen LogP contribution in [0.4, 0.5) is 0 Å². The number of aromatic nitrogens is 2.